The highest BCUT2D eigenvalue weighted by Crippen LogP contribution is 2.28. The fourth-order valence-electron chi connectivity index (χ4n) is 2.29. The Morgan fingerprint density at radius 2 is 2.20 bits per heavy atom. The van der Waals surface area contributed by atoms with Crippen molar-refractivity contribution in [3.63, 3.8) is 0 Å². The molecule has 1 saturated carbocycles. The molecule has 82 valence electrons. The van der Waals surface area contributed by atoms with Gasteiger partial charge in [0.15, 0.2) is 0 Å². The maximum absolute atomic E-state index is 3.63. The van der Waals surface area contributed by atoms with Crippen molar-refractivity contribution in [1.82, 2.24) is 0 Å². The Hall–Kier alpha value is -0.630. The first kappa shape index (κ1) is 10.9. The minimum absolute atomic E-state index is 0.692. The number of benzene rings is 1. The lowest BCUT2D eigenvalue weighted by Gasteiger charge is -2.14. The molecule has 0 aliphatic heterocycles. The molecular formula is C13H19NS. The van der Waals surface area contributed by atoms with E-state index in [2.05, 4.69) is 42.8 Å². The van der Waals surface area contributed by atoms with Crippen molar-refractivity contribution < 1.29 is 0 Å². The molecule has 1 N–H and O–H groups in total. The number of hydrogen-bond acceptors (Lipinski definition) is 2. The predicted octanol–water partition coefficient (Wildman–Crippen LogP) is 4.01. The summed E-state index contributed by atoms with van der Waals surface area (Å²) in [5, 5.41) is 3.63. The van der Waals surface area contributed by atoms with Crippen molar-refractivity contribution in [2.45, 2.75) is 37.1 Å². The van der Waals surface area contributed by atoms with Crippen molar-refractivity contribution in [3.8, 4) is 0 Å². The molecule has 2 heteroatoms. The third kappa shape index (κ3) is 2.91. The van der Waals surface area contributed by atoms with E-state index in [4.69, 9.17) is 0 Å². The fraction of sp³-hybridized carbons (Fsp3) is 0.538. The van der Waals surface area contributed by atoms with E-state index in [1.54, 1.807) is 11.8 Å². The lowest BCUT2D eigenvalue weighted by molar-refractivity contribution is 0.602. The summed E-state index contributed by atoms with van der Waals surface area (Å²) in [7, 11) is 0. The summed E-state index contributed by atoms with van der Waals surface area (Å²) in [6, 6.07) is 9.40. The Balaban J connectivity index is 1.98. The van der Waals surface area contributed by atoms with E-state index < -0.39 is 0 Å². The van der Waals surface area contributed by atoms with Gasteiger partial charge >= 0.3 is 0 Å². The second kappa shape index (κ2) is 4.93. The maximum atomic E-state index is 3.63. The summed E-state index contributed by atoms with van der Waals surface area (Å²) in [4.78, 5) is 1.34. The maximum Gasteiger partial charge on any atom is 0.0353 e. The molecule has 0 aromatic heterocycles. The van der Waals surface area contributed by atoms with Crippen molar-refractivity contribution in [1.29, 1.82) is 0 Å². The van der Waals surface area contributed by atoms with Crippen LogP contribution in [0.4, 0.5) is 5.69 Å². The van der Waals surface area contributed by atoms with Gasteiger partial charge in [0.2, 0.25) is 0 Å². The van der Waals surface area contributed by atoms with E-state index in [1.807, 2.05) is 0 Å². The summed E-state index contributed by atoms with van der Waals surface area (Å²) >= 11 is 1.80. The van der Waals surface area contributed by atoms with Gasteiger partial charge in [0.25, 0.3) is 0 Å². The number of nitrogens with one attached hydrogen (secondary N) is 1. The van der Waals surface area contributed by atoms with Crippen LogP contribution in [0.25, 0.3) is 0 Å². The van der Waals surface area contributed by atoms with Gasteiger partial charge in [0, 0.05) is 16.6 Å². The average Bonchev–Trinajstić information content (AvgIpc) is 2.64. The van der Waals surface area contributed by atoms with Gasteiger partial charge in [-0.2, -0.15) is 0 Å². The Bertz CT molecular complexity index is 324. The van der Waals surface area contributed by atoms with Crippen LogP contribution in [-0.2, 0) is 0 Å². The molecule has 0 saturated heterocycles. The van der Waals surface area contributed by atoms with Crippen LogP contribution in [0.15, 0.2) is 29.2 Å². The van der Waals surface area contributed by atoms with Crippen molar-refractivity contribution >= 4 is 17.4 Å². The van der Waals surface area contributed by atoms with Gasteiger partial charge < -0.3 is 5.32 Å². The molecule has 1 aromatic rings. The van der Waals surface area contributed by atoms with Gasteiger partial charge in [-0.05, 0) is 49.6 Å². The van der Waals surface area contributed by atoms with Crippen LogP contribution in [0, 0.1) is 5.92 Å². The molecule has 0 heterocycles. The molecule has 1 aliphatic rings. The Morgan fingerprint density at radius 1 is 1.33 bits per heavy atom. The third-order valence-electron chi connectivity index (χ3n) is 3.14. The smallest absolute Gasteiger partial charge is 0.0353 e. The van der Waals surface area contributed by atoms with E-state index in [1.165, 1.54) is 29.8 Å². The molecule has 1 nitrogen and oxygen atoms in total. The highest BCUT2D eigenvalue weighted by molar-refractivity contribution is 7.98. The van der Waals surface area contributed by atoms with Crippen LogP contribution in [0.1, 0.15) is 26.2 Å². The fourth-order valence-corrected chi connectivity index (χ4v) is 2.75. The zero-order chi connectivity index (χ0) is 10.7. The van der Waals surface area contributed by atoms with Gasteiger partial charge in [-0.15, -0.1) is 11.8 Å². The van der Waals surface area contributed by atoms with Gasteiger partial charge in [-0.25, -0.2) is 0 Å². The molecule has 0 spiro atoms. The molecule has 2 rings (SSSR count). The Kier molecular flexibility index (Phi) is 3.57. The van der Waals surface area contributed by atoms with Crippen LogP contribution < -0.4 is 5.32 Å². The summed E-state index contributed by atoms with van der Waals surface area (Å²) in [5.74, 6) is 0.895. The zero-order valence-corrected chi connectivity index (χ0v) is 10.3. The molecule has 1 aromatic carbocycles. The summed E-state index contributed by atoms with van der Waals surface area (Å²) in [6.45, 7) is 2.35. The molecule has 1 aliphatic carbocycles. The highest BCUT2D eigenvalue weighted by atomic mass is 32.2. The Morgan fingerprint density at radius 3 is 2.87 bits per heavy atom. The quantitative estimate of drug-likeness (QED) is 0.774. The molecule has 0 radical (unpaired) electrons. The summed E-state index contributed by atoms with van der Waals surface area (Å²) in [6.07, 6.45) is 6.14. The number of anilines is 1. The molecule has 0 unspecified atom stereocenters. The summed E-state index contributed by atoms with van der Waals surface area (Å²) < 4.78 is 0. The topological polar surface area (TPSA) is 12.0 Å². The molecule has 0 bridgehead atoms. The third-order valence-corrected chi connectivity index (χ3v) is 3.86. The van der Waals surface area contributed by atoms with Gasteiger partial charge in [-0.3, -0.25) is 0 Å². The minimum atomic E-state index is 0.692. The average molecular weight is 221 g/mol. The first-order valence-corrected chi connectivity index (χ1v) is 6.91. The van der Waals surface area contributed by atoms with E-state index in [9.17, 15) is 0 Å². The molecule has 15 heavy (non-hydrogen) atoms. The first-order valence-electron chi connectivity index (χ1n) is 5.68. The SMILES string of the molecule is CSc1cccc(N[C@@H]2CC[C@H](C)C2)c1. The van der Waals surface area contributed by atoms with E-state index in [-0.39, 0.29) is 0 Å². The van der Waals surface area contributed by atoms with Crippen LogP contribution >= 0.6 is 11.8 Å². The monoisotopic (exact) mass is 221 g/mol. The number of rotatable bonds is 3. The van der Waals surface area contributed by atoms with Crippen LogP contribution in [-0.4, -0.2) is 12.3 Å². The van der Waals surface area contributed by atoms with E-state index in [0.717, 1.165) is 5.92 Å². The largest absolute Gasteiger partial charge is 0.382 e. The molecule has 2 atom stereocenters. The molecule has 1 fully saturated rings. The van der Waals surface area contributed by atoms with Crippen LogP contribution in [0.2, 0.25) is 0 Å². The normalized spacial score (nSPS) is 25.5. The lowest BCUT2D eigenvalue weighted by atomic mass is 10.1. The van der Waals surface area contributed by atoms with Crippen molar-refractivity contribution in [3.05, 3.63) is 24.3 Å². The number of hydrogen-bond donors (Lipinski definition) is 1. The number of thioether (sulfide) groups is 1. The minimum Gasteiger partial charge on any atom is -0.382 e. The van der Waals surface area contributed by atoms with Crippen molar-refractivity contribution in [2.24, 2.45) is 5.92 Å². The predicted molar refractivity (Wildman–Crippen MR) is 68.6 cm³/mol. The van der Waals surface area contributed by atoms with Gasteiger partial charge in [0.05, 0.1) is 0 Å². The molecule has 0 amide bonds. The first-order chi connectivity index (χ1) is 7.28. The Labute approximate surface area is 96.7 Å². The van der Waals surface area contributed by atoms with E-state index >= 15 is 0 Å². The van der Waals surface area contributed by atoms with Crippen LogP contribution in [0.3, 0.4) is 0 Å². The zero-order valence-electron chi connectivity index (χ0n) is 9.49. The van der Waals surface area contributed by atoms with Crippen LogP contribution in [0.5, 0.6) is 0 Å². The second-order valence-electron chi connectivity index (χ2n) is 4.49. The highest BCUT2D eigenvalue weighted by Gasteiger charge is 2.20. The van der Waals surface area contributed by atoms with Crippen molar-refractivity contribution in [2.75, 3.05) is 11.6 Å². The van der Waals surface area contributed by atoms with Gasteiger partial charge in [0.1, 0.15) is 0 Å². The van der Waals surface area contributed by atoms with Gasteiger partial charge in [-0.1, -0.05) is 13.0 Å². The second-order valence-corrected chi connectivity index (χ2v) is 5.37. The summed E-state index contributed by atoms with van der Waals surface area (Å²) in [5.41, 5.74) is 1.28. The van der Waals surface area contributed by atoms with E-state index in [0.29, 0.717) is 6.04 Å². The molecular weight excluding hydrogens is 202 g/mol. The standard InChI is InChI=1S/C13H19NS/c1-10-6-7-12(8-10)14-11-4-3-5-13(9-11)15-2/h3-5,9-10,12,14H,6-8H2,1-2H3/t10-,12+/m0/s1. The lowest BCUT2D eigenvalue weighted by Crippen LogP contribution is -2.15.